The Morgan fingerprint density at radius 2 is 2.31 bits per heavy atom. The highest BCUT2D eigenvalue weighted by Gasteiger charge is 2.29. The van der Waals surface area contributed by atoms with Gasteiger partial charge in [0.1, 0.15) is 0 Å². The Bertz CT molecular complexity index is 433. The van der Waals surface area contributed by atoms with Gasteiger partial charge in [0, 0.05) is 18.3 Å². The lowest BCUT2D eigenvalue weighted by atomic mass is 9.98. The summed E-state index contributed by atoms with van der Waals surface area (Å²) in [7, 11) is 6.86. The topological polar surface area (TPSA) is 22.0 Å². The summed E-state index contributed by atoms with van der Waals surface area (Å²) in [6.45, 7) is 3.17. The van der Waals surface area contributed by atoms with Crippen LogP contribution in [0.3, 0.4) is 0 Å². The first kappa shape index (κ1) is 13.1. The summed E-state index contributed by atoms with van der Waals surface area (Å²) < 4.78 is 1.95. The Hall–Kier alpha value is 0.670. The number of nitrogens with zero attached hydrogens (tertiary/aromatic N) is 1. The molecule has 1 aromatic heterocycles. The molecule has 1 aliphatic rings. The second-order valence-corrected chi connectivity index (χ2v) is 13.9. The summed E-state index contributed by atoms with van der Waals surface area (Å²) in [4.78, 5) is 11.7. The second-order valence-electron chi connectivity index (χ2n) is 4.25. The van der Waals surface area contributed by atoms with Gasteiger partial charge in [-0.1, -0.05) is 28.2 Å². The van der Waals surface area contributed by atoms with Crippen LogP contribution >= 0.6 is 33.1 Å². The molecule has 88 valence electrons. The lowest BCUT2D eigenvalue weighted by molar-refractivity contribution is 0.398. The molecule has 0 aliphatic carbocycles. The van der Waals surface area contributed by atoms with Gasteiger partial charge in [-0.3, -0.25) is 4.79 Å². The molecule has 6 atom stereocenters. The van der Waals surface area contributed by atoms with Crippen molar-refractivity contribution in [3.05, 3.63) is 34.2 Å². The Kier molecular flexibility index (Phi) is 4.54. The van der Waals surface area contributed by atoms with Crippen molar-refractivity contribution >= 4 is 33.1 Å². The molecule has 0 radical (unpaired) electrons. The van der Waals surface area contributed by atoms with Crippen LogP contribution in [0.2, 0.25) is 0 Å². The lowest BCUT2D eigenvalue weighted by Crippen LogP contribution is -2.36. The molecule has 16 heavy (non-hydrogen) atoms. The molecular weight excluding hydrogens is 274 g/mol. The van der Waals surface area contributed by atoms with Crippen LogP contribution in [0.25, 0.3) is 0 Å². The fraction of sp³-hybridized carbons (Fsp3) is 0.500. The van der Waals surface area contributed by atoms with Crippen molar-refractivity contribution in [1.82, 2.24) is 4.57 Å². The first-order valence-corrected chi connectivity index (χ1v) is 12.0. The Morgan fingerprint density at radius 3 is 3.00 bits per heavy atom. The molecule has 0 saturated heterocycles. The van der Waals surface area contributed by atoms with Gasteiger partial charge in [-0.15, -0.1) is 17.9 Å². The van der Waals surface area contributed by atoms with Gasteiger partial charge in [0.2, 0.25) is 0 Å². The largest absolute Gasteiger partial charge is 0.312 e. The predicted molar refractivity (Wildman–Crippen MR) is 82.0 cm³/mol. The average Bonchev–Trinajstić information content (AvgIpc) is 2.29. The summed E-state index contributed by atoms with van der Waals surface area (Å²) in [6, 6.07) is 5.65. The molecule has 2 rings (SSSR count). The van der Waals surface area contributed by atoms with Crippen LogP contribution in [-0.4, -0.2) is 10.2 Å². The summed E-state index contributed by atoms with van der Waals surface area (Å²) in [6.07, 6.45) is 1.06. The molecule has 2 heterocycles. The molecule has 0 aromatic carbocycles. The maximum absolute atomic E-state index is 11.7. The van der Waals surface area contributed by atoms with Crippen molar-refractivity contribution in [2.45, 2.75) is 25.5 Å². The average molecular weight is 291 g/mol. The van der Waals surface area contributed by atoms with E-state index in [0.29, 0.717) is 5.92 Å². The number of aromatic nitrogens is 1. The normalized spacial score (nSPS) is 26.9. The van der Waals surface area contributed by atoms with Crippen LogP contribution in [0.15, 0.2) is 23.0 Å². The summed E-state index contributed by atoms with van der Waals surface area (Å²) in [5.74, 6) is 0.615. The SMILES string of the molecule is C[C@H]1Cn2c(cccc2=O)C[C@@H]1P(P)PP. The molecule has 0 amide bonds. The van der Waals surface area contributed by atoms with Crippen molar-refractivity contribution in [2.75, 3.05) is 0 Å². The maximum atomic E-state index is 11.7. The van der Waals surface area contributed by atoms with E-state index in [2.05, 4.69) is 30.8 Å². The minimum Gasteiger partial charge on any atom is -0.312 e. The fourth-order valence-electron chi connectivity index (χ4n) is 2.24. The van der Waals surface area contributed by atoms with E-state index in [4.69, 9.17) is 0 Å². The van der Waals surface area contributed by atoms with E-state index in [0.717, 1.165) is 26.6 Å². The van der Waals surface area contributed by atoms with Gasteiger partial charge in [0.15, 0.2) is 0 Å². The van der Waals surface area contributed by atoms with E-state index in [1.54, 1.807) is 6.07 Å². The molecule has 1 aliphatic heterocycles. The van der Waals surface area contributed by atoms with E-state index in [9.17, 15) is 4.79 Å². The third-order valence-electron chi connectivity index (χ3n) is 3.19. The van der Waals surface area contributed by atoms with Crippen LogP contribution in [0.5, 0.6) is 0 Å². The van der Waals surface area contributed by atoms with Crippen LogP contribution < -0.4 is 5.56 Å². The molecule has 0 fully saturated rings. The zero-order chi connectivity index (χ0) is 11.7. The van der Waals surface area contributed by atoms with Crippen molar-refractivity contribution in [3.63, 3.8) is 0 Å². The van der Waals surface area contributed by atoms with Gasteiger partial charge >= 0.3 is 0 Å². The molecule has 6 heteroatoms. The number of hydrogen-bond donors (Lipinski definition) is 0. The number of rotatable bonds is 2. The number of fused-ring (bicyclic) bond motifs is 1. The Labute approximate surface area is 104 Å². The summed E-state index contributed by atoms with van der Waals surface area (Å²) in [5.41, 5.74) is 2.12. The highest BCUT2D eigenvalue weighted by Crippen LogP contribution is 2.71. The minimum absolute atomic E-state index is 0.0221. The molecule has 4 unspecified atom stereocenters. The van der Waals surface area contributed by atoms with Crippen molar-refractivity contribution in [3.8, 4) is 0 Å². The van der Waals surface area contributed by atoms with E-state index in [1.807, 2.05) is 10.6 Å². The summed E-state index contributed by atoms with van der Waals surface area (Å²) >= 11 is 0. The van der Waals surface area contributed by atoms with E-state index in [-0.39, 0.29) is 12.9 Å². The molecule has 1 aromatic rings. The fourth-order valence-corrected chi connectivity index (χ4v) is 7.99. The van der Waals surface area contributed by atoms with Gasteiger partial charge in [0.25, 0.3) is 5.56 Å². The van der Waals surface area contributed by atoms with Crippen LogP contribution in [0, 0.1) is 5.92 Å². The van der Waals surface area contributed by atoms with Gasteiger partial charge in [-0.2, -0.15) is 0 Å². The third kappa shape index (κ3) is 2.57. The zero-order valence-corrected chi connectivity index (χ0v) is 13.5. The highest BCUT2D eigenvalue weighted by atomic mass is 32.6. The van der Waals surface area contributed by atoms with Gasteiger partial charge < -0.3 is 4.57 Å². The Morgan fingerprint density at radius 1 is 1.56 bits per heavy atom. The highest BCUT2D eigenvalue weighted by molar-refractivity contribution is 8.61. The zero-order valence-electron chi connectivity index (χ0n) is 9.26. The van der Waals surface area contributed by atoms with Crippen LogP contribution in [0.1, 0.15) is 12.6 Å². The van der Waals surface area contributed by atoms with Gasteiger partial charge in [-0.05, 0) is 24.1 Å². The smallest absolute Gasteiger partial charge is 0.250 e. The molecule has 0 bridgehead atoms. The second kappa shape index (κ2) is 5.54. The third-order valence-corrected chi connectivity index (χ3v) is 14.6. The molecule has 2 nitrogen and oxygen atoms in total. The molecule has 0 saturated carbocycles. The molecular formula is C10H17NOP4. The summed E-state index contributed by atoms with van der Waals surface area (Å²) in [5, 5.41) is 0. The van der Waals surface area contributed by atoms with Gasteiger partial charge in [0.05, 0.1) is 0 Å². The number of hydrogen-bond acceptors (Lipinski definition) is 1. The minimum atomic E-state index is 0.0221. The molecule has 0 spiro atoms. The van der Waals surface area contributed by atoms with Crippen LogP contribution in [0.4, 0.5) is 0 Å². The first-order valence-electron chi connectivity index (χ1n) is 5.32. The van der Waals surface area contributed by atoms with Crippen molar-refractivity contribution in [2.24, 2.45) is 5.92 Å². The van der Waals surface area contributed by atoms with E-state index < -0.39 is 0 Å². The first-order chi connectivity index (χ1) is 7.63. The van der Waals surface area contributed by atoms with Crippen molar-refractivity contribution < 1.29 is 0 Å². The van der Waals surface area contributed by atoms with E-state index >= 15 is 0 Å². The quantitative estimate of drug-likeness (QED) is 0.768. The monoisotopic (exact) mass is 291 g/mol. The van der Waals surface area contributed by atoms with Gasteiger partial charge in [-0.25, -0.2) is 0 Å². The van der Waals surface area contributed by atoms with Crippen molar-refractivity contribution in [1.29, 1.82) is 0 Å². The predicted octanol–water partition coefficient (Wildman–Crippen LogP) is 3.06. The lowest BCUT2D eigenvalue weighted by Gasteiger charge is -2.35. The van der Waals surface area contributed by atoms with E-state index in [1.165, 1.54) is 5.69 Å². The molecule has 0 N–H and O–H groups in total. The Balaban J connectivity index is 2.32. The standard InChI is InChI=1S/C10H17NOP4/c1-7-6-11-8(3-2-4-10(11)12)5-9(7)16(14)15-13/h2-4,7,9,15H,5-6,13-14H2,1H3/t7-,9-,16?/m0/s1. The number of pyridine rings is 1. The maximum Gasteiger partial charge on any atom is 0.250 e. The van der Waals surface area contributed by atoms with Crippen LogP contribution in [-0.2, 0) is 13.0 Å².